The molecule has 1 saturated carbocycles. The lowest BCUT2D eigenvalue weighted by Gasteiger charge is -2.10. The SMILES string of the molecule is NC(CCO)c1cccc(C#CC2CCCCCC2)c1. The molecule has 1 unspecified atom stereocenters. The van der Waals surface area contributed by atoms with E-state index < -0.39 is 0 Å². The number of nitrogens with two attached hydrogens (primary N) is 1. The molecule has 2 heteroatoms. The van der Waals surface area contributed by atoms with Gasteiger partial charge in [-0.05, 0) is 37.0 Å². The Bertz CT molecular complexity index is 464. The van der Waals surface area contributed by atoms with E-state index in [0.717, 1.165) is 11.1 Å². The molecule has 0 heterocycles. The molecule has 0 radical (unpaired) electrons. The van der Waals surface area contributed by atoms with Gasteiger partial charge in [0.2, 0.25) is 0 Å². The minimum Gasteiger partial charge on any atom is -0.396 e. The summed E-state index contributed by atoms with van der Waals surface area (Å²) in [6.45, 7) is 0.124. The highest BCUT2D eigenvalue weighted by atomic mass is 16.3. The Morgan fingerprint density at radius 2 is 1.95 bits per heavy atom. The number of aliphatic hydroxyl groups is 1. The Kier molecular flexibility index (Phi) is 6.11. The van der Waals surface area contributed by atoms with Gasteiger partial charge in [-0.3, -0.25) is 0 Å². The Morgan fingerprint density at radius 1 is 1.20 bits per heavy atom. The van der Waals surface area contributed by atoms with E-state index in [9.17, 15) is 0 Å². The van der Waals surface area contributed by atoms with Gasteiger partial charge < -0.3 is 10.8 Å². The van der Waals surface area contributed by atoms with Crippen LogP contribution >= 0.6 is 0 Å². The van der Waals surface area contributed by atoms with Crippen molar-refractivity contribution in [3.63, 3.8) is 0 Å². The first-order valence-corrected chi connectivity index (χ1v) is 7.77. The van der Waals surface area contributed by atoms with E-state index in [1.54, 1.807) is 0 Å². The molecule has 0 bridgehead atoms. The first-order valence-electron chi connectivity index (χ1n) is 7.77. The van der Waals surface area contributed by atoms with Crippen LogP contribution < -0.4 is 5.73 Å². The van der Waals surface area contributed by atoms with Gasteiger partial charge in [0.05, 0.1) is 0 Å². The molecular formula is C18H25NO. The fraction of sp³-hybridized carbons (Fsp3) is 0.556. The molecule has 1 aromatic rings. The van der Waals surface area contributed by atoms with Gasteiger partial charge in [-0.2, -0.15) is 0 Å². The van der Waals surface area contributed by atoms with Gasteiger partial charge in [0.1, 0.15) is 0 Å². The third kappa shape index (κ3) is 4.67. The van der Waals surface area contributed by atoms with E-state index >= 15 is 0 Å². The van der Waals surface area contributed by atoms with Crippen molar-refractivity contribution in [3.8, 4) is 11.8 Å². The molecule has 0 aromatic heterocycles. The Hall–Kier alpha value is -1.30. The summed E-state index contributed by atoms with van der Waals surface area (Å²) in [5, 5.41) is 8.96. The number of aliphatic hydroxyl groups excluding tert-OH is 1. The molecule has 2 nitrogen and oxygen atoms in total. The molecule has 1 aliphatic carbocycles. The molecule has 0 aliphatic heterocycles. The van der Waals surface area contributed by atoms with E-state index in [2.05, 4.69) is 17.9 Å². The Balaban J connectivity index is 2.03. The van der Waals surface area contributed by atoms with Crippen molar-refractivity contribution in [2.75, 3.05) is 6.61 Å². The van der Waals surface area contributed by atoms with Crippen LogP contribution in [0.4, 0.5) is 0 Å². The molecule has 3 N–H and O–H groups in total. The van der Waals surface area contributed by atoms with Gasteiger partial charge in [-0.15, -0.1) is 0 Å². The summed E-state index contributed by atoms with van der Waals surface area (Å²) in [6.07, 6.45) is 8.46. The molecular weight excluding hydrogens is 246 g/mol. The smallest absolute Gasteiger partial charge is 0.0449 e. The Morgan fingerprint density at radius 3 is 2.65 bits per heavy atom. The lowest BCUT2D eigenvalue weighted by molar-refractivity contribution is 0.276. The third-order valence-electron chi connectivity index (χ3n) is 4.03. The van der Waals surface area contributed by atoms with Crippen molar-refractivity contribution >= 4 is 0 Å². The van der Waals surface area contributed by atoms with Crippen LogP contribution in [0.3, 0.4) is 0 Å². The second kappa shape index (κ2) is 8.09. The van der Waals surface area contributed by atoms with Crippen LogP contribution in [0.25, 0.3) is 0 Å². The molecule has 0 amide bonds. The minimum atomic E-state index is -0.0976. The molecule has 20 heavy (non-hydrogen) atoms. The highest BCUT2D eigenvalue weighted by Crippen LogP contribution is 2.22. The van der Waals surface area contributed by atoms with Crippen LogP contribution in [-0.4, -0.2) is 11.7 Å². The highest BCUT2D eigenvalue weighted by molar-refractivity contribution is 5.38. The van der Waals surface area contributed by atoms with Crippen molar-refractivity contribution in [1.29, 1.82) is 0 Å². The third-order valence-corrected chi connectivity index (χ3v) is 4.03. The Labute approximate surface area is 122 Å². The largest absolute Gasteiger partial charge is 0.396 e. The summed E-state index contributed by atoms with van der Waals surface area (Å²) in [5.41, 5.74) is 8.13. The van der Waals surface area contributed by atoms with E-state index in [-0.39, 0.29) is 12.6 Å². The summed E-state index contributed by atoms with van der Waals surface area (Å²) >= 11 is 0. The predicted octanol–water partition coefficient (Wildman–Crippen LogP) is 3.39. The lowest BCUT2D eigenvalue weighted by atomic mass is 9.99. The van der Waals surface area contributed by atoms with Crippen LogP contribution in [0.15, 0.2) is 24.3 Å². The average molecular weight is 271 g/mol. The standard InChI is InChI=1S/C18H25NO/c19-18(12-13-20)17-9-5-8-16(14-17)11-10-15-6-3-1-2-4-7-15/h5,8-9,14-15,18,20H,1-4,6-7,12-13,19H2. The van der Waals surface area contributed by atoms with Crippen LogP contribution in [0.2, 0.25) is 0 Å². The fourth-order valence-electron chi connectivity index (χ4n) is 2.76. The minimum absolute atomic E-state index is 0.0976. The number of hydrogen-bond acceptors (Lipinski definition) is 2. The van der Waals surface area contributed by atoms with Crippen molar-refractivity contribution in [1.82, 2.24) is 0 Å². The van der Waals surface area contributed by atoms with Crippen molar-refractivity contribution in [2.24, 2.45) is 11.7 Å². The maximum absolute atomic E-state index is 8.96. The van der Waals surface area contributed by atoms with Gasteiger partial charge in [0, 0.05) is 24.1 Å². The predicted molar refractivity (Wildman–Crippen MR) is 83.1 cm³/mol. The molecule has 108 valence electrons. The fourth-order valence-corrected chi connectivity index (χ4v) is 2.76. The zero-order valence-electron chi connectivity index (χ0n) is 12.1. The van der Waals surface area contributed by atoms with Gasteiger partial charge in [0.25, 0.3) is 0 Å². The monoisotopic (exact) mass is 271 g/mol. The summed E-state index contributed by atoms with van der Waals surface area (Å²) < 4.78 is 0. The maximum atomic E-state index is 8.96. The summed E-state index contributed by atoms with van der Waals surface area (Å²) in [7, 11) is 0. The van der Waals surface area contributed by atoms with Crippen LogP contribution in [0.1, 0.15) is 62.1 Å². The molecule has 2 rings (SSSR count). The van der Waals surface area contributed by atoms with Crippen molar-refractivity contribution in [3.05, 3.63) is 35.4 Å². The molecule has 1 aliphatic rings. The molecule has 1 aromatic carbocycles. The first kappa shape index (κ1) is 15.1. The number of rotatable bonds is 3. The zero-order valence-corrected chi connectivity index (χ0v) is 12.1. The summed E-state index contributed by atoms with van der Waals surface area (Å²) in [5.74, 6) is 7.31. The maximum Gasteiger partial charge on any atom is 0.0449 e. The van der Waals surface area contributed by atoms with Gasteiger partial charge >= 0.3 is 0 Å². The summed E-state index contributed by atoms with van der Waals surface area (Å²) in [4.78, 5) is 0. The number of benzene rings is 1. The normalized spacial score (nSPS) is 17.9. The average Bonchev–Trinajstić information content (AvgIpc) is 2.74. The second-order valence-corrected chi connectivity index (χ2v) is 5.70. The summed E-state index contributed by atoms with van der Waals surface area (Å²) in [6, 6.07) is 8.02. The van der Waals surface area contributed by atoms with Crippen molar-refractivity contribution in [2.45, 2.75) is 51.0 Å². The molecule has 0 spiro atoms. The van der Waals surface area contributed by atoms with Gasteiger partial charge in [-0.1, -0.05) is 49.7 Å². The molecule has 1 fully saturated rings. The van der Waals surface area contributed by atoms with Crippen LogP contribution in [0.5, 0.6) is 0 Å². The lowest BCUT2D eigenvalue weighted by Crippen LogP contribution is -2.11. The van der Waals surface area contributed by atoms with Crippen LogP contribution in [-0.2, 0) is 0 Å². The molecule has 0 saturated heterocycles. The quantitative estimate of drug-likeness (QED) is 0.654. The molecule has 1 atom stereocenters. The first-order chi connectivity index (χ1) is 9.79. The van der Waals surface area contributed by atoms with E-state index in [0.29, 0.717) is 12.3 Å². The van der Waals surface area contributed by atoms with E-state index in [4.69, 9.17) is 10.8 Å². The highest BCUT2D eigenvalue weighted by Gasteiger charge is 2.09. The van der Waals surface area contributed by atoms with Gasteiger partial charge in [0.15, 0.2) is 0 Å². The van der Waals surface area contributed by atoms with E-state index in [1.807, 2.05) is 18.2 Å². The zero-order chi connectivity index (χ0) is 14.2. The second-order valence-electron chi connectivity index (χ2n) is 5.70. The van der Waals surface area contributed by atoms with Gasteiger partial charge in [-0.25, -0.2) is 0 Å². The van der Waals surface area contributed by atoms with E-state index in [1.165, 1.54) is 38.5 Å². The topological polar surface area (TPSA) is 46.2 Å². The number of hydrogen-bond donors (Lipinski definition) is 2. The van der Waals surface area contributed by atoms with Crippen LogP contribution in [0, 0.1) is 17.8 Å². The van der Waals surface area contributed by atoms with Crippen molar-refractivity contribution < 1.29 is 5.11 Å².